The predicted octanol–water partition coefficient (Wildman–Crippen LogP) is 4.66. The molecule has 0 saturated heterocycles. The summed E-state index contributed by atoms with van der Waals surface area (Å²) in [6.07, 6.45) is -9.27. The zero-order valence-corrected chi connectivity index (χ0v) is 10.6. The number of rotatable bonds is 1. The van der Waals surface area contributed by atoms with Crippen molar-refractivity contribution in [2.45, 2.75) is 12.4 Å². The van der Waals surface area contributed by atoms with Crippen LogP contribution in [0, 0.1) is 11.3 Å². The maximum atomic E-state index is 12.6. The number of nitriles is 1. The van der Waals surface area contributed by atoms with Crippen LogP contribution in [-0.2, 0) is 12.4 Å². The highest BCUT2D eigenvalue weighted by molar-refractivity contribution is 5.67. The van der Waals surface area contributed by atoms with E-state index in [2.05, 4.69) is 4.98 Å². The van der Waals surface area contributed by atoms with Crippen LogP contribution in [0.4, 0.5) is 26.3 Å². The van der Waals surface area contributed by atoms with Crippen LogP contribution in [0.2, 0.25) is 0 Å². The summed E-state index contributed by atoms with van der Waals surface area (Å²) < 4.78 is 75.3. The molecule has 22 heavy (non-hydrogen) atoms. The SMILES string of the molecule is N#Cc1ccc(C(F)(F)F)nc1-c1ccc(C(F)(F)F)cc1. The predicted molar refractivity (Wildman–Crippen MR) is 64.4 cm³/mol. The molecule has 0 spiro atoms. The Kier molecular flexibility index (Phi) is 3.83. The summed E-state index contributed by atoms with van der Waals surface area (Å²) in [4.78, 5) is 3.35. The van der Waals surface area contributed by atoms with E-state index in [1.165, 1.54) is 0 Å². The standard InChI is InChI=1S/C14H6F6N2/c15-13(16,17)10-4-1-8(2-5-10)12-9(7-21)3-6-11(22-12)14(18,19)20/h1-6H. The molecule has 2 rings (SSSR count). The van der Waals surface area contributed by atoms with Gasteiger partial charge in [0.2, 0.25) is 0 Å². The van der Waals surface area contributed by atoms with E-state index >= 15 is 0 Å². The molecular weight excluding hydrogens is 310 g/mol. The minimum atomic E-state index is -4.71. The van der Waals surface area contributed by atoms with Crippen molar-refractivity contribution in [2.24, 2.45) is 0 Å². The lowest BCUT2D eigenvalue weighted by molar-refractivity contribution is -0.141. The number of pyridine rings is 1. The Bertz CT molecular complexity index is 723. The average molecular weight is 316 g/mol. The average Bonchev–Trinajstić information content (AvgIpc) is 2.45. The molecule has 8 heteroatoms. The summed E-state index contributed by atoms with van der Waals surface area (Å²) in [6.45, 7) is 0. The van der Waals surface area contributed by atoms with Crippen molar-refractivity contribution < 1.29 is 26.3 Å². The van der Waals surface area contributed by atoms with Gasteiger partial charge in [-0.05, 0) is 24.3 Å². The first kappa shape index (κ1) is 15.8. The Morgan fingerprint density at radius 2 is 1.41 bits per heavy atom. The van der Waals surface area contributed by atoms with Crippen molar-refractivity contribution in [3.8, 4) is 17.3 Å². The maximum absolute atomic E-state index is 12.6. The topological polar surface area (TPSA) is 36.7 Å². The van der Waals surface area contributed by atoms with Crippen molar-refractivity contribution >= 4 is 0 Å². The minimum Gasteiger partial charge on any atom is -0.242 e. The first-order chi connectivity index (χ1) is 10.1. The summed E-state index contributed by atoms with van der Waals surface area (Å²) in [7, 11) is 0. The quantitative estimate of drug-likeness (QED) is 0.718. The van der Waals surface area contributed by atoms with Crippen LogP contribution in [0.15, 0.2) is 36.4 Å². The number of halogens is 6. The molecule has 0 amide bonds. The van der Waals surface area contributed by atoms with E-state index in [4.69, 9.17) is 5.26 Å². The second-order valence-electron chi connectivity index (χ2n) is 4.28. The fourth-order valence-electron chi connectivity index (χ4n) is 1.74. The van der Waals surface area contributed by atoms with E-state index in [-0.39, 0.29) is 16.8 Å². The van der Waals surface area contributed by atoms with Crippen LogP contribution < -0.4 is 0 Å². The van der Waals surface area contributed by atoms with Crippen LogP contribution in [-0.4, -0.2) is 4.98 Å². The van der Waals surface area contributed by atoms with Gasteiger partial charge in [0, 0.05) is 5.56 Å². The lowest BCUT2D eigenvalue weighted by Crippen LogP contribution is -2.09. The molecule has 0 unspecified atom stereocenters. The maximum Gasteiger partial charge on any atom is 0.433 e. The first-order valence-electron chi connectivity index (χ1n) is 5.79. The van der Waals surface area contributed by atoms with Crippen LogP contribution in [0.1, 0.15) is 16.8 Å². The van der Waals surface area contributed by atoms with Gasteiger partial charge in [0.1, 0.15) is 11.8 Å². The Balaban J connectivity index is 2.54. The summed E-state index contributed by atoms with van der Waals surface area (Å²) >= 11 is 0. The van der Waals surface area contributed by atoms with Crippen molar-refractivity contribution in [2.75, 3.05) is 0 Å². The third kappa shape index (κ3) is 3.19. The van der Waals surface area contributed by atoms with Gasteiger partial charge in [-0.1, -0.05) is 12.1 Å². The highest BCUT2D eigenvalue weighted by Gasteiger charge is 2.33. The van der Waals surface area contributed by atoms with Crippen LogP contribution in [0.5, 0.6) is 0 Å². The Morgan fingerprint density at radius 1 is 0.818 bits per heavy atom. The van der Waals surface area contributed by atoms with Gasteiger partial charge in [-0.3, -0.25) is 0 Å². The fraction of sp³-hybridized carbons (Fsp3) is 0.143. The number of hydrogen-bond donors (Lipinski definition) is 0. The smallest absolute Gasteiger partial charge is 0.242 e. The number of nitrogens with zero attached hydrogens (tertiary/aromatic N) is 2. The van der Waals surface area contributed by atoms with E-state index < -0.39 is 23.6 Å². The molecule has 0 saturated carbocycles. The van der Waals surface area contributed by atoms with Crippen LogP contribution in [0.25, 0.3) is 11.3 Å². The molecule has 0 aliphatic rings. The monoisotopic (exact) mass is 316 g/mol. The van der Waals surface area contributed by atoms with E-state index in [9.17, 15) is 26.3 Å². The lowest BCUT2D eigenvalue weighted by atomic mass is 10.0. The third-order valence-corrected chi connectivity index (χ3v) is 2.79. The molecular formula is C14H6F6N2. The number of benzene rings is 1. The molecule has 1 aromatic carbocycles. The number of aromatic nitrogens is 1. The number of hydrogen-bond acceptors (Lipinski definition) is 2. The van der Waals surface area contributed by atoms with Crippen LogP contribution in [0.3, 0.4) is 0 Å². The first-order valence-corrected chi connectivity index (χ1v) is 5.79. The molecule has 2 aromatic rings. The largest absolute Gasteiger partial charge is 0.433 e. The van der Waals surface area contributed by atoms with E-state index in [0.29, 0.717) is 6.07 Å². The van der Waals surface area contributed by atoms with Crippen molar-refractivity contribution in [3.05, 3.63) is 53.2 Å². The minimum absolute atomic E-state index is 0.00403. The normalized spacial score (nSPS) is 12.0. The second kappa shape index (κ2) is 5.33. The van der Waals surface area contributed by atoms with Gasteiger partial charge in [0.05, 0.1) is 16.8 Å². The zero-order chi connectivity index (χ0) is 16.5. The van der Waals surface area contributed by atoms with Crippen molar-refractivity contribution in [1.82, 2.24) is 4.98 Å². The molecule has 0 aliphatic heterocycles. The van der Waals surface area contributed by atoms with Gasteiger partial charge >= 0.3 is 12.4 Å². The Morgan fingerprint density at radius 3 is 1.86 bits per heavy atom. The molecule has 0 N–H and O–H groups in total. The van der Waals surface area contributed by atoms with Gasteiger partial charge in [0.25, 0.3) is 0 Å². The molecule has 1 heterocycles. The van der Waals surface area contributed by atoms with Gasteiger partial charge in [-0.2, -0.15) is 31.6 Å². The summed E-state index contributed by atoms with van der Waals surface area (Å²) in [5.41, 5.74) is -2.64. The van der Waals surface area contributed by atoms with E-state index in [1.54, 1.807) is 6.07 Å². The third-order valence-electron chi connectivity index (χ3n) is 2.79. The fourth-order valence-corrected chi connectivity index (χ4v) is 1.74. The van der Waals surface area contributed by atoms with Crippen LogP contribution >= 0.6 is 0 Å². The molecule has 0 radical (unpaired) electrons. The molecule has 0 atom stereocenters. The van der Waals surface area contributed by atoms with Crippen molar-refractivity contribution in [1.29, 1.82) is 5.26 Å². The van der Waals surface area contributed by atoms with Crippen molar-refractivity contribution in [3.63, 3.8) is 0 Å². The molecule has 1 aromatic heterocycles. The second-order valence-corrected chi connectivity index (χ2v) is 4.28. The Hall–Kier alpha value is -2.56. The van der Waals surface area contributed by atoms with E-state index in [1.807, 2.05) is 0 Å². The zero-order valence-electron chi connectivity index (χ0n) is 10.6. The van der Waals surface area contributed by atoms with E-state index in [0.717, 1.165) is 30.3 Å². The lowest BCUT2D eigenvalue weighted by Gasteiger charge is -2.11. The number of alkyl halides is 6. The Labute approximate surface area is 120 Å². The molecule has 0 fully saturated rings. The molecule has 2 nitrogen and oxygen atoms in total. The molecule has 0 bridgehead atoms. The van der Waals surface area contributed by atoms with Gasteiger partial charge in [-0.25, -0.2) is 4.98 Å². The summed E-state index contributed by atoms with van der Waals surface area (Å²) in [6, 6.07) is 6.64. The summed E-state index contributed by atoms with van der Waals surface area (Å²) in [5.74, 6) is 0. The highest BCUT2D eigenvalue weighted by Crippen LogP contribution is 2.33. The highest BCUT2D eigenvalue weighted by atomic mass is 19.4. The van der Waals surface area contributed by atoms with Gasteiger partial charge in [-0.15, -0.1) is 0 Å². The molecule has 0 aliphatic carbocycles. The summed E-state index contributed by atoms with van der Waals surface area (Å²) in [5, 5.41) is 8.91. The van der Waals surface area contributed by atoms with Gasteiger partial charge < -0.3 is 0 Å². The molecule has 114 valence electrons. The van der Waals surface area contributed by atoms with Gasteiger partial charge in [0.15, 0.2) is 0 Å².